The molecule has 0 aliphatic carbocycles. The third-order valence-corrected chi connectivity index (χ3v) is 3.69. The first-order valence-electron chi connectivity index (χ1n) is 3.42. The Balaban J connectivity index is 3.47. The number of benzene rings is 1. The van der Waals surface area contributed by atoms with Crippen LogP contribution in [0, 0.1) is 0 Å². The maximum absolute atomic E-state index is 12.1. The van der Waals surface area contributed by atoms with E-state index in [0.717, 1.165) is 6.07 Å². The predicted molar refractivity (Wildman–Crippen MR) is 49.7 cm³/mol. The van der Waals surface area contributed by atoms with Crippen LogP contribution in [0.2, 0.25) is 10.0 Å². The van der Waals surface area contributed by atoms with Gasteiger partial charge in [0.15, 0.2) is 0 Å². The summed E-state index contributed by atoms with van der Waals surface area (Å²) < 4.78 is 58.3. The van der Waals surface area contributed by atoms with Gasteiger partial charge in [-0.3, -0.25) is 0 Å². The summed E-state index contributed by atoms with van der Waals surface area (Å²) in [5.74, 6) is 0. The van der Waals surface area contributed by atoms with Crippen LogP contribution in [0.25, 0.3) is 0 Å². The third-order valence-electron chi connectivity index (χ3n) is 1.49. The van der Waals surface area contributed by atoms with Crippen LogP contribution in [-0.2, 0) is 9.84 Å². The summed E-state index contributed by atoms with van der Waals surface area (Å²) in [5, 5.41) is -0.654. The van der Waals surface area contributed by atoms with Gasteiger partial charge in [-0.25, -0.2) is 8.42 Å². The minimum Gasteiger partial charge on any atom is -0.214 e. The Morgan fingerprint density at radius 2 is 1.67 bits per heavy atom. The molecule has 0 heterocycles. The fourth-order valence-corrected chi connectivity index (χ4v) is 2.32. The van der Waals surface area contributed by atoms with E-state index in [0.29, 0.717) is 6.07 Å². The largest absolute Gasteiger partial charge is 0.501 e. The van der Waals surface area contributed by atoms with Crippen molar-refractivity contribution < 1.29 is 21.6 Å². The lowest BCUT2D eigenvalue weighted by molar-refractivity contribution is -0.0435. The first-order chi connectivity index (χ1) is 6.66. The molecule has 2 nitrogen and oxygen atoms in total. The smallest absolute Gasteiger partial charge is 0.214 e. The van der Waals surface area contributed by atoms with Gasteiger partial charge in [0, 0.05) is 5.02 Å². The molecule has 15 heavy (non-hydrogen) atoms. The van der Waals surface area contributed by atoms with E-state index in [9.17, 15) is 21.6 Å². The number of halogens is 5. The summed E-state index contributed by atoms with van der Waals surface area (Å²) in [5.41, 5.74) is -5.39. The van der Waals surface area contributed by atoms with Gasteiger partial charge in [0.1, 0.15) is 0 Å². The molecule has 8 heteroatoms. The number of sulfone groups is 1. The number of rotatable bonds is 1. The molecule has 0 N–H and O–H groups in total. The summed E-state index contributed by atoms with van der Waals surface area (Å²) >= 11 is 10.7. The topological polar surface area (TPSA) is 34.1 Å². The lowest BCUT2D eigenvalue weighted by Gasteiger charge is -2.09. The Labute approximate surface area is 93.5 Å². The van der Waals surface area contributed by atoms with Crippen LogP contribution in [0.3, 0.4) is 0 Å². The van der Waals surface area contributed by atoms with Gasteiger partial charge < -0.3 is 0 Å². The van der Waals surface area contributed by atoms with E-state index in [1.54, 1.807) is 0 Å². The van der Waals surface area contributed by atoms with Gasteiger partial charge in [-0.2, -0.15) is 13.2 Å². The van der Waals surface area contributed by atoms with Crippen LogP contribution in [-0.4, -0.2) is 13.9 Å². The Morgan fingerprint density at radius 3 is 2.13 bits per heavy atom. The first-order valence-corrected chi connectivity index (χ1v) is 5.66. The van der Waals surface area contributed by atoms with Gasteiger partial charge >= 0.3 is 5.51 Å². The zero-order valence-electron chi connectivity index (χ0n) is 6.85. The first kappa shape index (κ1) is 12.6. The SMILES string of the molecule is O=S(=O)(c1cc(Cl)ccc1Cl)C(F)(F)F. The highest BCUT2D eigenvalue weighted by molar-refractivity contribution is 7.92. The van der Waals surface area contributed by atoms with Gasteiger partial charge in [0.25, 0.3) is 9.84 Å². The maximum Gasteiger partial charge on any atom is 0.501 e. The molecule has 0 spiro atoms. The summed E-state index contributed by atoms with van der Waals surface area (Å²) in [6.45, 7) is 0. The second-order valence-electron chi connectivity index (χ2n) is 2.52. The number of hydrogen-bond acceptors (Lipinski definition) is 2. The fourth-order valence-electron chi connectivity index (χ4n) is 0.808. The van der Waals surface area contributed by atoms with E-state index in [4.69, 9.17) is 23.2 Å². The second-order valence-corrected chi connectivity index (χ2v) is 5.28. The van der Waals surface area contributed by atoms with Crippen molar-refractivity contribution in [1.29, 1.82) is 0 Å². The van der Waals surface area contributed by atoms with Gasteiger partial charge in [-0.1, -0.05) is 23.2 Å². The molecule has 0 unspecified atom stereocenters. The standard InChI is InChI=1S/C7H3Cl2F3O2S/c8-4-1-2-5(9)6(3-4)15(13,14)7(10,11)12/h1-3H. The third kappa shape index (κ3) is 2.38. The quantitative estimate of drug-likeness (QED) is 0.790. The fraction of sp³-hybridized carbons (Fsp3) is 0.143. The van der Waals surface area contributed by atoms with Crippen molar-refractivity contribution in [2.24, 2.45) is 0 Å². The highest BCUT2D eigenvalue weighted by Crippen LogP contribution is 2.35. The van der Waals surface area contributed by atoms with Crippen molar-refractivity contribution in [3.05, 3.63) is 28.2 Å². The van der Waals surface area contributed by atoms with E-state index < -0.39 is 25.3 Å². The maximum atomic E-state index is 12.1. The highest BCUT2D eigenvalue weighted by Gasteiger charge is 2.47. The zero-order valence-corrected chi connectivity index (χ0v) is 9.17. The summed E-state index contributed by atoms with van der Waals surface area (Å²) in [6.07, 6.45) is 0. The molecule has 0 saturated carbocycles. The average Bonchev–Trinajstić information content (AvgIpc) is 2.07. The van der Waals surface area contributed by atoms with Crippen LogP contribution in [0.5, 0.6) is 0 Å². The molecule has 0 fully saturated rings. The van der Waals surface area contributed by atoms with Crippen LogP contribution < -0.4 is 0 Å². The molecule has 0 aliphatic heterocycles. The number of hydrogen-bond donors (Lipinski definition) is 0. The molecule has 0 atom stereocenters. The second kappa shape index (κ2) is 3.84. The normalized spacial score (nSPS) is 12.9. The van der Waals surface area contributed by atoms with Crippen LogP contribution in [0.4, 0.5) is 13.2 Å². The van der Waals surface area contributed by atoms with Crippen LogP contribution in [0.15, 0.2) is 23.1 Å². The molecular weight excluding hydrogens is 276 g/mol. The van der Waals surface area contributed by atoms with Crippen molar-refractivity contribution in [2.75, 3.05) is 0 Å². The molecule has 0 radical (unpaired) electrons. The Kier molecular flexibility index (Phi) is 3.23. The Morgan fingerprint density at radius 1 is 1.13 bits per heavy atom. The van der Waals surface area contributed by atoms with Crippen molar-refractivity contribution in [3.63, 3.8) is 0 Å². The summed E-state index contributed by atoms with van der Waals surface area (Å²) in [4.78, 5) is -1.04. The van der Waals surface area contributed by atoms with E-state index in [1.165, 1.54) is 6.07 Å². The van der Waals surface area contributed by atoms with Gasteiger partial charge in [-0.15, -0.1) is 0 Å². The highest BCUT2D eigenvalue weighted by atomic mass is 35.5. The summed E-state index contributed by atoms with van der Waals surface area (Å²) in [6, 6.07) is 2.84. The molecular formula is C7H3Cl2F3O2S. The van der Waals surface area contributed by atoms with Gasteiger partial charge in [0.2, 0.25) is 0 Å². The van der Waals surface area contributed by atoms with E-state index in [1.807, 2.05) is 0 Å². The van der Waals surface area contributed by atoms with Gasteiger partial charge in [-0.05, 0) is 18.2 Å². The Hall–Kier alpha value is -0.460. The van der Waals surface area contributed by atoms with Crippen LogP contribution >= 0.6 is 23.2 Å². The van der Waals surface area contributed by atoms with Crippen LogP contribution in [0.1, 0.15) is 0 Å². The molecule has 1 aromatic carbocycles. The number of alkyl halides is 3. The zero-order chi connectivity index (χ0) is 11.9. The molecule has 84 valence electrons. The molecule has 0 bridgehead atoms. The monoisotopic (exact) mass is 278 g/mol. The molecule has 1 rings (SSSR count). The molecule has 1 aromatic rings. The molecule has 0 aliphatic rings. The molecule has 0 aromatic heterocycles. The van der Waals surface area contributed by atoms with Crippen molar-refractivity contribution >= 4 is 33.0 Å². The van der Waals surface area contributed by atoms with E-state index in [-0.39, 0.29) is 5.02 Å². The van der Waals surface area contributed by atoms with E-state index in [2.05, 4.69) is 0 Å². The lowest BCUT2D eigenvalue weighted by atomic mass is 10.4. The minimum atomic E-state index is -5.45. The minimum absolute atomic E-state index is 0.137. The molecule has 0 saturated heterocycles. The summed E-state index contributed by atoms with van der Waals surface area (Å²) in [7, 11) is -5.45. The Bertz CT molecular complexity index is 481. The van der Waals surface area contributed by atoms with Crippen molar-refractivity contribution in [1.82, 2.24) is 0 Å². The van der Waals surface area contributed by atoms with E-state index >= 15 is 0 Å². The van der Waals surface area contributed by atoms with Crippen molar-refractivity contribution in [2.45, 2.75) is 10.4 Å². The lowest BCUT2D eigenvalue weighted by Crippen LogP contribution is -2.23. The van der Waals surface area contributed by atoms with Gasteiger partial charge in [0.05, 0.1) is 9.92 Å². The molecule has 0 amide bonds. The van der Waals surface area contributed by atoms with Crippen molar-refractivity contribution in [3.8, 4) is 0 Å². The predicted octanol–water partition coefficient (Wildman–Crippen LogP) is 3.29. The average molecular weight is 279 g/mol.